The number of hydrogen-bond acceptors (Lipinski definition) is 3. The van der Waals surface area contributed by atoms with E-state index in [1.807, 2.05) is 0 Å². The fourth-order valence-corrected chi connectivity index (χ4v) is 4.20. The maximum absolute atomic E-state index is 11.7. The summed E-state index contributed by atoms with van der Waals surface area (Å²) in [5.41, 5.74) is 0. The minimum Gasteiger partial charge on any atom is -0.477 e. The highest BCUT2D eigenvalue weighted by Gasteiger charge is 2.52. The van der Waals surface area contributed by atoms with Crippen LogP contribution >= 0.6 is 0 Å². The molecule has 30 heavy (non-hydrogen) atoms. The lowest BCUT2D eigenvalue weighted by Crippen LogP contribution is -2.70. The Morgan fingerprint density at radius 1 is 0.667 bits per heavy atom. The molecule has 3 N–H and O–H groups in total. The average Bonchev–Trinajstić information content (AvgIpc) is 2.70. The summed E-state index contributed by atoms with van der Waals surface area (Å²) in [6.45, 7) is 6.59. The minimum absolute atomic E-state index is 0.220. The Labute approximate surface area is 181 Å². The van der Waals surface area contributed by atoms with Crippen LogP contribution in [0.1, 0.15) is 91.9 Å². The highest BCUT2D eigenvalue weighted by atomic mass is 16.4. The van der Waals surface area contributed by atoms with Gasteiger partial charge < -0.3 is 15.3 Å². The molecule has 0 spiro atoms. The van der Waals surface area contributed by atoms with Gasteiger partial charge in [-0.3, -0.25) is 4.48 Å². The molecule has 3 unspecified atom stereocenters. The topological polar surface area (TPSA) is 112 Å². The van der Waals surface area contributed by atoms with Crippen LogP contribution in [-0.2, 0) is 14.4 Å². The van der Waals surface area contributed by atoms with Gasteiger partial charge in [-0.05, 0) is 52.9 Å². The van der Waals surface area contributed by atoms with Crippen LogP contribution in [0.2, 0.25) is 0 Å². The van der Waals surface area contributed by atoms with Gasteiger partial charge in [0, 0.05) is 0 Å². The van der Waals surface area contributed by atoms with E-state index in [2.05, 4.69) is 19.1 Å². The molecular formula is C23H42NO6+. The number of quaternary nitrogens is 1. The summed E-state index contributed by atoms with van der Waals surface area (Å²) in [5, 5.41) is 28.7. The van der Waals surface area contributed by atoms with Gasteiger partial charge in [0.15, 0.2) is 18.1 Å². The summed E-state index contributed by atoms with van der Waals surface area (Å²) in [6, 6.07) is -3.36. The second-order valence-electron chi connectivity index (χ2n) is 8.26. The van der Waals surface area contributed by atoms with E-state index in [-0.39, 0.29) is 6.54 Å². The molecular weight excluding hydrogens is 386 g/mol. The molecule has 0 bridgehead atoms. The van der Waals surface area contributed by atoms with E-state index in [0.29, 0.717) is 6.42 Å². The van der Waals surface area contributed by atoms with Crippen molar-refractivity contribution in [2.45, 2.75) is 110 Å². The van der Waals surface area contributed by atoms with Gasteiger partial charge in [0.1, 0.15) is 0 Å². The summed E-state index contributed by atoms with van der Waals surface area (Å²) in [6.07, 6.45) is 14.9. The van der Waals surface area contributed by atoms with Crippen molar-refractivity contribution < 1.29 is 34.2 Å². The molecule has 0 rings (SSSR count). The van der Waals surface area contributed by atoms with Crippen LogP contribution in [0.15, 0.2) is 12.2 Å². The van der Waals surface area contributed by atoms with Crippen LogP contribution in [0, 0.1) is 0 Å². The van der Waals surface area contributed by atoms with Crippen LogP contribution in [0.5, 0.6) is 0 Å². The van der Waals surface area contributed by atoms with Crippen LogP contribution in [0.4, 0.5) is 0 Å². The first-order valence-corrected chi connectivity index (χ1v) is 11.3. The number of allylic oxidation sites excluding steroid dienone is 2. The third-order valence-corrected chi connectivity index (χ3v) is 6.30. The zero-order chi connectivity index (χ0) is 23.2. The zero-order valence-corrected chi connectivity index (χ0v) is 19.2. The largest absolute Gasteiger partial charge is 0.477 e. The van der Waals surface area contributed by atoms with Crippen molar-refractivity contribution in [3.63, 3.8) is 0 Å². The van der Waals surface area contributed by atoms with Gasteiger partial charge in [0.25, 0.3) is 0 Å². The van der Waals surface area contributed by atoms with Gasteiger partial charge in [-0.15, -0.1) is 0 Å². The normalized spacial score (nSPS) is 16.7. The summed E-state index contributed by atoms with van der Waals surface area (Å²) in [7, 11) is 0. The number of carbonyl (C=O) groups is 3. The Balaban J connectivity index is 4.70. The summed E-state index contributed by atoms with van der Waals surface area (Å²) in [4.78, 5) is 35.1. The van der Waals surface area contributed by atoms with Gasteiger partial charge in [-0.25, -0.2) is 14.4 Å². The average molecular weight is 429 g/mol. The number of unbranched alkanes of at least 4 members (excludes halogenated alkanes) is 8. The number of carboxylic acids is 3. The second-order valence-corrected chi connectivity index (χ2v) is 8.26. The van der Waals surface area contributed by atoms with Gasteiger partial charge in [-0.2, -0.15) is 0 Å². The van der Waals surface area contributed by atoms with E-state index in [1.54, 1.807) is 0 Å². The summed E-state index contributed by atoms with van der Waals surface area (Å²) in [5.74, 6) is -3.53. The number of carboxylic acid groups (broad SMARTS) is 3. The highest BCUT2D eigenvalue weighted by molar-refractivity contribution is 5.77. The predicted octanol–water partition coefficient (Wildman–Crippen LogP) is 4.70. The molecule has 7 heteroatoms. The number of rotatable bonds is 18. The molecule has 0 saturated heterocycles. The Kier molecular flexibility index (Phi) is 14.0. The molecule has 0 aromatic carbocycles. The second kappa shape index (κ2) is 15.0. The number of hydrogen-bond donors (Lipinski definition) is 3. The lowest BCUT2D eigenvalue weighted by molar-refractivity contribution is -0.968. The van der Waals surface area contributed by atoms with Crippen molar-refractivity contribution >= 4 is 17.9 Å². The van der Waals surface area contributed by atoms with E-state index >= 15 is 0 Å². The first kappa shape index (κ1) is 28.1. The monoisotopic (exact) mass is 428 g/mol. The molecule has 0 aromatic rings. The van der Waals surface area contributed by atoms with Crippen LogP contribution in [-0.4, -0.2) is 62.4 Å². The van der Waals surface area contributed by atoms with Crippen molar-refractivity contribution in [3.8, 4) is 0 Å². The number of aliphatic carboxylic acids is 3. The molecule has 0 saturated carbocycles. The molecule has 3 atom stereocenters. The Morgan fingerprint density at radius 3 is 1.40 bits per heavy atom. The van der Waals surface area contributed by atoms with Crippen molar-refractivity contribution in [1.82, 2.24) is 0 Å². The van der Waals surface area contributed by atoms with E-state index in [0.717, 1.165) is 38.5 Å². The third-order valence-electron chi connectivity index (χ3n) is 6.30. The first-order valence-electron chi connectivity index (χ1n) is 11.3. The SMILES string of the molecule is CC/C=C/CCCCCCCCCC[N+](C(C)C(=O)O)(C(C)C(=O)O)C(C)C(=O)O. The van der Waals surface area contributed by atoms with Crippen molar-refractivity contribution in [2.75, 3.05) is 6.54 Å². The molecule has 0 aliphatic heterocycles. The summed E-state index contributed by atoms with van der Waals surface area (Å²) < 4.78 is -0.481. The lowest BCUT2D eigenvalue weighted by Gasteiger charge is -2.47. The smallest absolute Gasteiger partial charge is 0.362 e. The molecule has 0 fully saturated rings. The lowest BCUT2D eigenvalue weighted by atomic mass is 10.00. The Hall–Kier alpha value is -1.89. The highest BCUT2D eigenvalue weighted by Crippen LogP contribution is 2.27. The molecule has 0 aromatic heterocycles. The molecule has 0 heterocycles. The first-order chi connectivity index (χ1) is 14.1. The van der Waals surface area contributed by atoms with Gasteiger partial charge in [0.05, 0.1) is 6.54 Å². The Bertz CT molecular complexity index is 510. The van der Waals surface area contributed by atoms with Gasteiger partial charge in [-0.1, -0.05) is 51.2 Å². The minimum atomic E-state index is -1.18. The molecule has 0 aliphatic rings. The molecule has 0 aliphatic carbocycles. The van der Waals surface area contributed by atoms with E-state index < -0.39 is 40.5 Å². The predicted molar refractivity (Wildman–Crippen MR) is 117 cm³/mol. The van der Waals surface area contributed by atoms with Crippen LogP contribution in [0.3, 0.4) is 0 Å². The fourth-order valence-electron chi connectivity index (χ4n) is 4.20. The van der Waals surface area contributed by atoms with E-state index in [1.165, 1.54) is 40.0 Å². The standard InChI is InChI=1S/C23H41NO6/c1-5-6-7-8-9-10-11-12-13-14-15-16-17-24(18(2)21(25)26,19(3)22(27)28)20(4)23(29)30/h6-7,18-20H,5,8-17H2,1-4H3,(H2-,25,26,27,28,29,30)/p+1/b7-6+. The Morgan fingerprint density at radius 2 is 1.03 bits per heavy atom. The molecule has 174 valence electrons. The molecule has 0 amide bonds. The molecule has 0 radical (unpaired) electrons. The number of nitrogens with zero attached hydrogens (tertiary/aromatic N) is 1. The maximum Gasteiger partial charge on any atom is 0.362 e. The quantitative estimate of drug-likeness (QED) is 0.166. The summed E-state index contributed by atoms with van der Waals surface area (Å²) >= 11 is 0. The van der Waals surface area contributed by atoms with Crippen LogP contribution < -0.4 is 0 Å². The fraction of sp³-hybridized carbons (Fsp3) is 0.783. The van der Waals surface area contributed by atoms with Crippen LogP contribution in [0.25, 0.3) is 0 Å². The van der Waals surface area contributed by atoms with E-state index in [9.17, 15) is 29.7 Å². The van der Waals surface area contributed by atoms with Gasteiger partial charge in [0.2, 0.25) is 0 Å². The van der Waals surface area contributed by atoms with Crippen molar-refractivity contribution in [3.05, 3.63) is 12.2 Å². The zero-order valence-electron chi connectivity index (χ0n) is 19.2. The maximum atomic E-state index is 11.7. The molecule has 7 nitrogen and oxygen atoms in total. The van der Waals surface area contributed by atoms with Crippen molar-refractivity contribution in [1.29, 1.82) is 0 Å². The van der Waals surface area contributed by atoms with Gasteiger partial charge >= 0.3 is 17.9 Å². The van der Waals surface area contributed by atoms with Crippen molar-refractivity contribution in [2.24, 2.45) is 0 Å². The van der Waals surface area contributed by atoms with E-state index in [4.69, 9.17) is 0 Å². The third kappa shape index (κ3) is 8.86.